The van der Waals surface area contributed by atoms with Crippen LogP contribution in [0.4, 0.5) is 0 Å². The maximum absolute atomic E-state index is 8.35. The third kappa shape index (κ3) is 7.02. The van der Waals surface area contributed by atoms with Crippen LogP contribution in [0.25, 0.3) is 0 Å². The van der Waals surface area contributed by atoms with Crippen molar-refractivity contribution in [3.8, 4) is 6.07 Å². The molecule has 2 heteroatoms. The van der Waals surface area contributed by atoms with E-state index < -0.39 is 0 Å². The summed E-state index contributed by atoms with van der Waals surface area (Å²) in [6.45, 7) is 9.93. The minimum absolute atomic E-state index is 0.481. The highest BCUT2D eigenvalue weighted by Gasteiger charge is 1.87. The lowest BCUT2D eigenvalue weighted by Gasteiger charge is -1.87. The summed E-state index contributed by atoms with van der Waals surface area (Å²) < 4.78 is 0. The van der Waals surface area contributed by atoms with Gasteiger partial charge in [0.2, 0.25) is 0 Å². The largest absolute Gasteiger partial charge is 0.246 e. The monoisotopic (exact) mass is 178 g/mol. The molecule has 0 aliphatic carbocycles. The zero-order chi connectivity index (χ0) is 10.7. The van der Waals surface area contributed by atoms with Crippen molar-refractivity contribution in [2.24, 2.45) is 0 Å². The zero-order valence-electron chi connectivity index (χ0n) is 9.13. The first-order valence-corrected chi connectivity index (χ1v) is 4.65. The van der Waals surface area contributed by atoms with Crippen molar-refractivity contribution >= 4 is 0 Å². The molecule has 0 atom stereocenters. The van der Waals surface area contributed by atoms with Crippen molar-refractivity contribution < 1.29 is 0 Å². The highest BCUT2D eigenvalue weighted by atomic mass is 14.7. The van der Waals surface area contributed by atoms with Crippen LogP contribution in [-0.4, -0.2) is 4.98 Å². The fourth-order valence-corrected chi connectivity index (χ4v) is 0.597. The van der Waals surface area contributed by atoms with Crippen LogP contribution in [0.3, 0.4) is 0 Å². The van der Waals surface area contributed by atoms with E-state index in [1.165, 1.54) is 0 Å². The molecule has 0 fully saturated rings. The average molecular weight is 178 g/mol. The molecular formula is C11H18N2. The van der Waals surface area contributed by atoms with Crippen LogP contribution in [0, 0.1) is 18.3 Å². The average Bonchev–Trinajstić information content (AvgIpc) is 2.24. The summed E-state index contributed by atoms with van der Waals surface area (Å²) >= 11 is 0. The molecule has 1 heterocycles. The summed E-state index contributed by atoms with van der Waals surface area (Å²) in [5, 5.41) is 8.35. The van der Waals surface area contributed by atoms with Gasteiger partial charge in [-0.1, -0.05) is 27.7 Å². The van der Waals surface area contributed by atoms with Gasteiger partial charge >= 0.3 is 0 Å². The van der Waals surface area contributed by atoms with Gasteiger partial charge in [-0.15, -0.1) is 0 Å². The topological polar surface area (TPSA) is 36.7 Å². The SMILES string of the molecule is CC.CC.Cc1ccnc(C#N)c1. The molecule has 0 spiro atoms. The van der Waals surface area contributed by atoms with Gasteiger partial charge in [0.1, 0.15) is 11.8 Å². The Morgan fingerprint density at radius 3 is 2.08 bits per heavy atom. The van der Waals surface area contributed by atoms with E-state index in [9.17, 15) is 0 Å². The molecule has 0 saturated carbocycles. The van der Waals surface area contributed by atoms with Gasteiger partial charge in [0.05, 0.1) is 0 Å². The summed E-state index contributed by atoms with van der Waals surface area (Å²) in [6, 6.07) is 5.57. The predicted octanol–water partition coefficient (Wildman–Crippen LogP) is 3.31. The van der Waals surface area contributed by atoms with Gasteiger partial charge < -0.3 is 0 Å². The molecule has 13 heavy (non-hydrogen) atoms. The molecule has 0 aliphatic rings. The Balaban J connectivity index is 0. The maximum atomic E-state index is 8.35. The Morgan fingerprint density at radius 2 is 1.77 bits per heavy atom. The van der Waals surface area contributed by atoms with E-state index in [0.29, 0.717) is 5.69 Å². The fourth-order valence-electron chi connectivity index (χ4n) is 0.597. The molecule has 1 aromatic rings. The van der Waals surface area contributed by atoms with Gasteiger partial charge in [-0.25, -0.2) is 4.98 Å². The number of hydrogen-bond donors (Lipinski definition) is 0. The standard InChI is InChI=1S/C7H6N2.2C2H6/c1-6-2-3-9-7(4-6)5-8;2*1-2/h2-4H,1H3;2*1-2H3. The van der Waals surface area contributed by atoms with Crippen LogP contribution in [-0.2, 0) is 0 Å². The lowest BCUT2D eigenvalue weighted by molar-refractivity contribution is 1.23. The second kappa shape index (κ2) is 10.6. The Kier molecular flexibility index (Phi) is 11.6. The Labute approximate surface area is 81.2 Å². The molecule has 1 aromatic heterocycles. The van der Waals surface area contributed by atoms with E-state index in [0.717, 1.165) is 5.56 Å². The number of nitrogens with zero attached hydrogens (tertiary/aromatic N) is 2. The summed E-state index contributed by atoms with van der Waals surface area (Å²) in [5.74, 6) is 0. The molecule has 0 unspecified atom stereocenters. The molecule has 0 bridgehead atoms. The van der Waals surface area contributed by atoms with Crippen molar-refractivity contribution in [3.05, 3.63) is 29.6 Å². The normalized spacial score (nSPS) is 6.77. The maximum Gasteiger partial charge on any atom is 0.140 e. The van der Waals surface area contributed by atoms with Crippen molar-refractivity contribution in [3.63, 3.8) is 0 Å². The van der Waals surface area contributed by atoms with E-state index in [2.05, 4.69) is 4.98 Å². The molecule has 0 aliphatic heterocycles. The lowest BCUT2D eigenvalue weighted by Crippen LogP contribution is -1.80. The van der Waals surface area contributed by atoms with Gasteiger partial charge in [0, 0.05) is 6.20 Å². The smallest absolute Gasteiger partial charge is 0.140 e. The van der Waals surface area contributed by atoms with Gasteiger partial charge in [0.25, 0.3) is 0 Å². The molecule has 0 radical (unpaired) electrons. The zero-order valence-corrected chi connectivity index (χ0v) is 9.13. The molecule has 1 rings (SSSR count). The van der Waals surface area contributed by atoms with Crippen LogP contribution in [0.1, 0.15) is 39.0 Å². The summed E-state index contributed by atoms with van der Waals surface area (Å²) in [7, 11) is 0. The van der Waals surface area contributed by atoms with E-state index in [4.69, 9.17) is 5.26 Å². The second-order valence-electron chi connectivity index (χ2n) is 1.83. The van der Waals surface area contributed by atoms with Crippen LogP contribution in [0.5, 0.6) is 0 Å². The molecule has 0 aromatic carbocycles. The van der Waals surface area contributed by atoms with E-state index in [1.54, 1.807) is 12.3 Å². The molecular weight excluding hydrogens is 160 g/mol. The number of nitriles is 1. The molecule has 0 amide bonds. The summed E-state index contributed by atoms with van der Waals surface area (Å²) in [4.78, 5) is 3.80. The second-order valence-corrected chi connectivity index (χ2v) is 1.83. The number of rotatable bonds is 0. The number of aryl methyl sites for hydroxylation is 1. The number of aromatic nitrogens is 1. The summed E-state index contributed by atoms with van der Waals surface area (Å²) in [5.41, 5.74) is 1.55. The van der Waals surface area contributed by atoms with Crippen LogP contribution < -0.4 is 0 Å². The predicted molar refractivity (Wildman–Crippen MR) is 56.4 cm³/mol. The molecule has 0 saturated heterocycles. The van der Waals surface area contributed by atoms with Crippen molar-refractivity contribution in [1.29, 1.82) is 5.26 Å². The molecule has 0 N–H and O–H groups in total. The van der Waals surface area contributed by atoms with E-state index in [-0.39, 0.29) is 0 Å². The Bertz CT molecular complexity index is 249. The van der Waals surface area contributed by atoms with Crippen molar-refractivity contribution in [2.45, 2.75) is 34.6 Å². The van der Waals surface area contributed by atoms with Crippen molar-refractivity contribution in [2.75, 3.05) is 0 Å². The highest BCUT2D eigenvalue weighted by Crippen LogP contribution is 1.96. The minimum Gasteiger partial charge on any atom is -0.246 e. The first-order valence-electron chi connectivity index (χ1n) is 4.65. The Morgan fingerprint density at radius 1 is 1.23 bits per heavy atom. The quantitative estimate of drug-likeness (QED) is 0.611. The minimum atomic E-state index is 0.481. The molecule has 72 valence electrons. The van der Waals surface area contributed by atoms with Gasteiger partial charge in [-0.05, 0) is 24.6 Å². The Hall–Kier alpha value is -1.36. The van der Waals surface area contributed by atoms with Gasteiger partial charge in [-0.3, -0.25) is 0 Å². The van der Waals surface area contributed by atoms with Gasteiger partial charge in [-0.2, -0.15) is 5.26 Å². The molecule has 2 nitrogen and oxygen atoms in total. The van der Waals surface area contributed by atoms with Gasteiger partial charge in [0.15, 0.2) is 0 Å². The first-order chi connectivity index (χ1) is 6.33. The van der Waals surface area contributed by atoms with E-state index >= 15 is 0 Å². The van der Waals surface area contributed by atoms with Crippen LogP contribution in [0.2, 0.25) is 0 Å². The summed E-state index contributed by atoms with van der Waals surface area (Å²) in [6.07, 6.45) is 1.63. The van der Waals surface area contributed by atoms with Crippen LogP contribution in [0.15, 0.2) is 18.3 Å². The number of hydrogen-bond acceptors (Lipinski definition) is 2. The highest BCUT2D eigenvalue weighted by molar-refractivity contribution is 5.24. The third-order valence-electron chi connectivity index (χ3n) is 1.03. The van der Waals surface area contributed by atoms with Crippen LogP contribution >= 0.6 is 0 Å². The van der Waals surface area contributed by atoms with E-state index in [1.807, 2.05) is 46.8 Å². The lowest BCUT2D eigenvalue weighted by atomic mass is 10.2. The van der Waals surface area contributed by atoms with Crippen molar-refractivity contribution in [1.82, 2.24) is 4.98 Å². The first kappa shape index (κ1) is 14.2. The number of pyridine rings is 1. The third-order valence-corrected chi connectivity index (χ3v) is 1.03. The fraction of sp³-hybridized carbons (Fsp3) is 0.455.